The second-order valence-electron chi connectivity index (χ2n) is 6.46. The molecule has 0 heterocycles. The minimum absolute atomic E-state index is 0.232. The van der Waals surface area contributed by atoms with E-state index < -0.39 is 42.5 Å². The van der Waals surface area contributed by atoms with Gasteiger partial charge in [0.25, 0.3) is 0 Å². The molecule has 0 bridgehead atoms. The van der Waals surface area contributed by atoms with Crippen molar-refractivity contribution in [3.8, 4) is 0 Å². The summed E-state index contributed by atoms with van der Waals surface area (Å²) in [7, 11) is 0. The third kappa shape index (κ3) is 4.28. The number of aliphatic hydroxyl groups excluding tert-OH is 2. The summed E-state index contributed by atoms with van der Waals surface area (Å²) >= 11 is 0. The van der Waals surface area contributed by atoms with E-state index in [0.29, 0.717) is 0 Å². The Morgan fingerprint density at radius 1 is 0.893 bits per heavy atom. The summed E-state index contributed by atoms with van der Waals surface area (Å²) in [5.74, 6) is -1.44. The fourth-order valence-corrected chi connectivity index (χ4v) is 2.82. The molecule has 3 rings (SSSR count). The first-order valence-corrected chi connectivity index (χ1v) is 8.67. The lowest BCUT2D eigenvalue weighted by Gasteiger charge is -2.39. The molecule has 2 aromatic rings. The van der Waals surface area contributed by atoms with Gasteiger partial charge in [0, 0.05) is 0 Å². The Morgan fingerprint density at radius 3 is 2.00 bits per heavy atom. The molecule has 28 heavy (non-hydrogen) atoms. The van der Waals surface area contributed by atoms with Gasteiger partial charge in [0.1, 0.15) is 24.4 Å². The van der Waals surface area contributed by atoms with Gasteiger partial charge in [0.2, 0.25) is 0 Å². The van der Waals surface area contributed by atoms with E-state index in [9.17, 15) is 24.9 Å². The van der Waals surface area contributed by atoms with Gasteiger partial charge >= 0.3 is 11.9 Å². The summed E-state index contributed by atoms with van der Waals surface area (Å²) in [6.45, 7) is -0.579. The van der Waals surface area contributed by atoms with Crippen LogP contribution < -0.4 is 0 Å². The predicted molar refractivity (Wildman–Crippen MR) is 98.5 cm³/mol. The average molecular weight is 384 g/mol. The Bertz CT molecular complexity index is 850. The first-order chi connectivity index (χ1) is 13.4. The lowest BCUT2D eigenvalue weighted by molar-refractivity contribution is -0.151. The average Bonchev–Trinajstić information content (AvgIpc) is 2.73. The Balaban J connectivity index is 1.69. The fraction of sp³-hybridized carbons (Fsp3) is 0.238. The molecule has 1 aliphatic carbocycles. The highest BCUT2D eigenvalue weighted by molar-refractivity contribution is 5.90. The number of carbonyl (C=O) groups excluding carboxylic acids is 2. The van der Waals surface area contributed by atoms with Crippen molar-refractivity contribution in [3.63, 3.8) is 0 Å². The van der Waals surface area contributed by atoms with E-state index in [2.05, 4.69) is 0 Å². The molecule has 7 nitrogen and oxygen atoms in total. The van der Waals surface area contributed by atoms with Crippen LogP contribution in [0.5, 0.6) is 0 Å². The van der Waals surface area contributed by atoms with Crippen LogP contribution in [0.3, 0.4) is 0 Å². The molecule has 0 fully saturated rings. The van der Waals surface area contributed by atoms with Crippen molar-refractivity contribution in [2.75, 3.05) is 6.61 Å². The number of esters is 2. The maximum absolute atomic E-state index is 12.2. The maximum Gasteiger partial charge on any atom is 0.338 e. The third-order valence-corrected chi connectivity index (χ3v) is 4.44. The van der Waals surface area contributed by atoms with Crippen LogP contribution in [-0.4, -0.2) is 57.8 Å². The number of ether oxygens (including phenoxy) is 2. The van der Waals surface area contributed by atoms with Crippen LogP contribution in [-0.2, 0) is 9.47 Å². The Kier molecular flexibility index (Phi) is 5.89. The van der Waals surface area contributed by atoms with E-state index in [0.717, 1.165) is 6.08 Å². The summed E-state index contributed by atoms with van der Waals surface area (Å²) in [5, 5.41) is 31.3. The third-order valence-electron chi connectivity index (χ3n) is 4.44. The van der Waals surface area contributed by atoms with E-state index in [1.807, 2.05) is 0 Å². The Hall–Kier alpha value is -3.00. The number of aliphatic hydroxyl groups is 3. The summed E-state index contributed by atoms with van der Waals surface area (Å²) in [4.78, 5) is 24.3. The van der Waals surface area contributed by atoms with Crippen molar-refractivity contribution in [1.82, 2.24) is 0 Å². The van der Waals surface area contributed by atoms with Crippen LogP contribution in [0.2, 0.25) is 0 Å². The van der Waals surface area contributed by atoms with Crippen LogP contribution in [0.25, 0.3) is 0 Å². The van der Waals surface area contributed by atoms with Gasteiger partial charge in [0.15, 0.2) is 6.10 Å². The molecule has 4 atom stereocenters. The zero-order chi connectivity index (χ0) is 20.1. The molecule has 0 spiro atoms. The molecule has 0 radical (unpaired) electrons. The number of hydrogen-bond acceptors (Lipinski definition) is 7. The Morgan fingerprint density at radius 2 is 1.43 bits per heavy atom. The molecule has 7 heteroatoms. The molecule has 2 aromatic carbocycles. The van der Waals surface area contributed by atoms with E-state index in [1.54, 1.807) is 48.5 Å². The summed E-state index contributed by atoms with van der Waals surface area (Å²) in [5.41, 5.74) is -1.51. The standard InChI is InChI=1S/C21H20O7/c22-16-11-12-21(26,13-27-19(24)14-7-3-1-4-8-14)18(23)17(16)28-20(25)15-9-5-2-6-10-15/h1-12,16-18,22-23,26H,13H2/t16-,17+,18-,21+/m0/s1. The molecule has 1 aliphatic rings. The molecule has 0 saturated heterocycles. The number of hydrogen-bond donors (Lipinski definition) is 3. The van der Waals surface area contributed by atoms with Crippen LogP contribution in [0.1, 0.15) is 20.7 Å². The predicted octanol–water partition coefficient (Wildman–Crippen LogP) is 1.09. The highest BCUT2D eigenvalue weighted by Crippen LogP contribution is 2.27. The van der Waals surface area contributed by atoms with Crippen molar-refractivity contribution in [3.05, 3.63) is 83.9 Å². The number of rotatable bonds is 5. The minimum Gasteiger partial charge on any atom is -0.459 e. The van der Waals surface area contributed by atoms with Gasteiger partial charge < -0.3 is 24.8 Å². The van der Waals surface area contributed by atoms with Crippen LogP contribution in [0.15, 0.2) is 72.8 Å². The molecular formula is C21H20O7. The molecule has 0 aliphatic heterocycles. The van der Waals surface area contributed by atoms with Gasteiger partial charge in [-0.15, -0.1) is 0 Å². The summed E-state index contributed by atoms with van der Waals surface area (Å²) in [6, 6.07) is 16.2. The van der Waals surface area contributed by atoms with E-state index in [1.165, 1.54) is 18.2 Å². The van der Waals surface area contributed by atoms with Crippen molar-refractivity contribution in [1.29, 1.82) is 0 Å². The lowest BCUT2D eigenvalue weighted by Crippen LogP contribution is -2.58. The van der Waals surface area contributed by atoms with Gasteiger partial charge in [-0.05, 0) is 30.3 Å². The number of carbonyl (C=O) groups is 2. The first kappa shape index (κ1) is 19.8. The summed E-state index contributed by atoms with van der Waals surface area (Å²) < 4.78 is 10.3. The van der Waals surface area contributed by atoms with Crippen molar-refractivity contribution in [2.45, 2.75) is 23.9 Å². The largest absolute Gasteiger partial charge is 0.459 e. The van der Waals surface area contributed by atoms with Gasteiger partial charge in [-0.3, -0.25) is 0 Å². The topological polar surface area (TPSA) is 113 Å². The van der Waals surface area contributed by atoms with Gasteiger partial charge in [0.05, 0.1) is 11.1 Å². The van der Waals surface area contributed by atoms with Crippen LogP contribution >= 0.6 is 0 Å². The molecule has 0 amide bonds. The normalized spacial score (nSPS) is 26.5. The van der Waals surface area contributed by atoms with Crippen LogP contribution in [0, 0.1) is 0 Å². The smallest absolute Gasteiger partial charge is 0.338 e. The van der Waals surface area contributed by atoms with Crippen LogP contribution in [0.4, 0.5) is 0 Å². The second kappa shape index (κ2) is 8.35. The van der Waals surface area contributed by atoms with Crippen molar-refractivity contribution < 1.29 is 34.4 Å². The summed E-state index contributed by atoms with van der Waals surface area (Å²) in [6.07, 6.45) is -2.14. The molecule has 0 aromatic heterocycles. The van der Waals surface area contributed by atoms with Crippen molar-refractivity contribution >= 4 is 11.9 Å². The maximum atomic E-state index is 12.2. The fourth-order valence-electron chi connectivity index (χ4n) is 2.82. The highest BCUT2D eigenvalue weighted by Gasteiger charge is 2.47. The number of benzene rings is 2. The first-order valence-electron chi connectivity index (χ1n) is 8.67. The van der Waals surface area contributed by atoms with E-state index in [4.69, 9.17) is 9.47 Å². The van der Waals surface area contributed by atoms with Gasteiger partial charge in [-0.1, -0.05) is 42.5 Å². The monoisotopic (exact) mass is 384 g/mol. The minimum atomic E-state index is -2.02. The Labute approximate surface area is 161 Å². The molecule has 3 N–H and O–H groups in total. The molecule has 146 valence electrons. The molecule has 0 unspecified atom stereocenters. The second-order valence-corrected chi connectivity index (χ2v) is 6.46. The van der Waals surface area contributed by atoms with Gasteiger partial charge in [-0.2, -0.15) is 0 Å². The molecular weight excluding hydrogens is 364 g/mol. The quantitative estimate of drug-likeness (QED) is 0.522. The lowest BCUT2D eigenvalue weighted by atomic mass is 9.85. The zero-order valence-corrected chi connectivity index (χ0v) is 14.8. The van der Waals surface area contributed by atoms with E-state index >= 15 is 0 Å². The highest BCUT2D eigenvalue weighted by atomic mass is 16.6. The molecule has 0 saturated carbocycles. The van der Waals surface area contributed by atoms with Crippen molar-refractivity contribution in [2.24, 2.45) is 0 Å². The van der Waals surface area contributed by atoms with E-state index in [-0.39, 0.29) is 11.1 Å². The zero-order valence-electron chi connectivity index (χ0n) is 14.8. The van der Waals surface area contributed by atoms with Gasteiger partial charge in [-0.25, -0.2) is 9.59 Å². The SMILES string of the molecule is O=C(OC[C@]1(O)C=C[C@H](O)[C@@H](OC(=O)c2ccccc2)[C@@H]1O)c1ccccc1.